The Morgan fingerprint density at radius 3 is 2.89 bits per heavy atom. The van der Waals surface area contributed by atoms with Gasteiger partial charge in [0.1, 0.15) is 11.6 Å². The summed E-state index contributed by atoms with van der Waals surface area (Å²) in [5, 5.41) is 12.1. The Morgan fingerprint density at radius 2 is 2.21 bits per heavy atom. The Labute approximate surface area is 119 Å². The van der Waals surface area contributed by atoms with Crippen LogP contribution in [0.25, 0.3) is 0 Å². The molecule has 0 saturated carbocycles. The fourth-order valence-electron chi connectivity index (χ4n) is 1.70. The molecule has 0 bridgehead atoms. The van der Waals surface area contributed by atoms with Gasteiger partial charge in [0.05, 0.1) is 6.42 Å². The minimum atomic E-state index is -0.163. The number of aromatic hydroxyl groups is 1. The van der Waals surface area contributed by atoms with E-state index in [0.717, 1.165) is 15.6 Å². The number of phenols is 1. The van der Waals surface area contributed by atoms with Gasteiger partial charge in [0.2, 0.25) is 5.91 Å². The minimum Gasteiger partial charge on any atom is -0.508 e. The third-order valence-corrected chi connectivity index (χ3v) is 3.01. The molecule has 5 heteroatoms. The number of benzene rings is 1. The maximum absolute atomic E-state index is 11.9. The molecule has 0 atom stereocenters. The molecule has 98 valence electrons. The summed E-state index contributed by atoms with van der Waals surface area (Å²) in [6.45, 7) is 1.88. The zero-order valence-electron chi connectivity index (χ0n) is 10.4. The van der Waals surface area contributed by atoms with Gasteiger partial charge in [-0.2, -0.15) is 0 Å². The van der Waals surface area contributed by atoms with Gasteiger partial charge < -0.3 is 10.4 Å². The van der Waals surface area contributed by atoms with E-state index in [4.69, 9.17) is 0 Å². The molecule has 1 aromatic carbocycles. The smallest absolute Gasteiger partial charge is 0.229 e. The number of pyridine rings is 1. The van der Waals surface area contributed by atoms with Gasteiger partial charge in [0.15, 0.2) is 0 Å². The van der Waals surface area contributed by atoms with E-state index in [0.29, 0.717) is 5.82 Å². The number of hydrogen-bond acceptors (Lipinski definition) is 3. The van der Waals surface area contributed by atoms with Crippen molar-refractivity contribution in [1.29, 1.82) is 0 Å². The summed E-state index contributed by atoms with van der Waals surface area (Å²) < 4.78 is 0.871. The normalized spacial score (nSPS) is 10.2. The Hall–Kier alpha value is -1.88. The first-order valence-electron chi connectivity index (χ1n) is 5.74. The Morgan fingerprint density at radius 1 is 1.42 bits per heavy atom. The van der Waals surface area contributed by atoms with Gasteiger partial charge >= 0.3 is 0 Å². The number of phenolic OH excluding ortho intramolecular Hbond substituents is 1. The molecule has 0 aliphatic carbocycles. The van der Waals surface area contributed by atoms with Gasteiger partial charge in [-0.1, -0.05) is 12.1 Å². The van der Waals surface area contributed by atoms with Crippen LogP contribution in [0.5, 0.6) is 5.75 Å². The number of nitrogens with one attached hydrogen (secondary N) is 1. The molecule has 1 amide bonds. The molecule has 1 heterocycles. The first kappa shape index (κ1) is 13.5. The molecule has 0 aliphatic heterocycles. The highest BCUT2D eigenvalue weighted by atomic mass is 79.9. The largest absolute Gasteiger partial charge is 0.508 e. The summed E-state index contributed by atoms with van der Waals surface area (Å²) in [6, 6.07) is 8.53. The Kier molecular flexibility index (Phi) is 4.16. The predicted molar refractivity (Wildman–Crippen MR) is 77.1 cm³/mol. The third kappa shape index (κ3) is 3.79. The molecule has 0 aliphatic rings. The fraction of sp³-hybridized carbons (Fsp3) is 0.143. The van der Waals surface area contributed by atoms with Gasteiger partial charge in [0, 0.05) is 10.7 Å². The fourth-order valence-corrected chi connectivity index (χ4v) is 2.15. The highest BCUT2D eigenvalue weighted by Crippen LogP contribution is 2.17. The van der Waals surface area contributed by atoms with Gasteiger partial charge in [-0.3, -0.25) is 4.79 Å². The molecule has 2 rings (SSSR count). The van der Waals surface area contributed by atoms with Crippen molar-refractivity contribution >= 4 is 27.7 Å². The lowest BCUT2D eigenvalue weighted by molar-refractivity contribution is -0.115. The zero-order chi connectivity index (χ0) is 13.8. The van der Waals surface area contributed by atoms with Crippen LogP contribution < -0.4 is 5.32 Å². The van der Waals surface area contributed by atoms with Crippen LogP contribution in [0.2, 0.25) is 0 Å². The van der Waals surface area contributed by atoms with Gasteiger partial charge in [-0.05, 0) is 52.2 Å². The predicted octanol–water partition coefficient (Wildman–Crippen LogP) is 3.04. The number of carbonyl (C=O) groups is 1. The lowest BCUT2D eigenvalue weighted by Crippen LogP contribution is -2.16. The topological polar surface area (TPSA) is 62.2 Å². The Bertz CT molecular complexity index is 614. The van der Waals surface area contributed by atoms with E-state index in [1.807, 2.05) is 13.0 Å². The number of anilines is 1. The van der Waals surface area contributed by atoms with E-state index in [-0.39, 0.29) is 18.1 Å². The summed E-state index contributed by atoms with van der Waals surface area (Å²) in [7, 11) is 0. The molecule has 1 aromatic heterocycles. The first-order valence-corrected chi connectivity index (χ1v) is 6.54. The second-order valence-corrected chi connectivity index (χ2v) is 5.13. The maximum Gasteiger partial charge on any atom is 0.229 e. The molecule has 0 spiro atoms. The van der Waals surface area contributed by atoms with Crippen molar-refractivity contribution in [3.63, 3.8) is 0 Å². The number of aryl methyl sites for hydroxylation is 1. The SMILES string of the molecule is Cc1cc(Br)cnc1NC(=O)Cc1cccc(O)c1. The number of carbonyl (C=O) groups excluding carboxylic acids is 1. The van der Waals surface area contributed by atoms with E-state index in [2.05, 4.69) is 26.2 Å². The summed E-state index contributed by atoms with van der Waals surface area (Å²) in [5.74, 6) is 0.542. The number of aromatic nitrogens is 1. The standard InChI is InChI=1S/C14H13BrN2O2/c1-9-5-11(15)8-16-14(9)17-13(19)7-10-3-2-4-12(18)6-10/h2-6,8,18H,7H2,1H3,(H,16,17,19). The average Bonchev–Trinajstić information content (AvgIpc) is 2.33. The van der Waals surface area contributed by atoms with E-state index >= 15 is 0 Å². The van der Waals surface area contributed by atoms with Crippen LogP contribution in [0.4, 0.5) is 5.82 Å². The van der Waals surface area contributed by atoms with Gasteiger partial charge in [-0.15, -0.1) is 0 Å². The van der Waals surface area contributed by atoms with Crippen molar-refractivity contribution < 1.29 is 9.90 Å². The van der Waals surface area contributed by atoms with Crippen LogP contribution in [0, 0.1) is 6.92 Å². The molecule has 2 N–H and O–H groups in total. The maximum atomic E-state index is 11.9. The van der Waals surface area contributed by atoms with Gasteiger partial charge in [-0.25, -0.2) is 4.98 Å². The van der Waals surface area contributed by atoms with Crippen molar-refractivity contribution in [2.45, 2.75) is 13.3 Å². The van der Waals surface area contributed by atoms with Crippen LogP contribution in [0.15, 0.2) is 41.0 Å². The average molecular weight is 321 g/mol. The molecule has 19 heavy (non-hydrogen) atoms. The molecule has 0 radical (unpaired) electrons. The summed E-state index contributed by atoms with van der Waals surface area (Å²) in [5.41, 5.74) is 1.64. The lowest BCUT2D eigenvalue weighted by Gasteiger charge is -2.07. The molecule has 0 unspecified atom stereocenters. The monoisotopic (exact) mass is 320 g/mol. The van der Waals surface area contributed by atoms with Crippen LogP contribution in [-0.2, 0) is 11.2 Å². The third-order valence-electron chi connectivity index (χ3n) is 2.58. The van der Waals surface area contributed by atoms with Crippen molar-refractivity contribution in [3.05, 3.63) is 52.1 Å². The molecule has 4 nitrogen and oxygen atoms in total. The molecular weight excluding hydrogens is 308 g/mol. The van der Waals surface area contributed by atoms with E-state index in [1.165, 1.54) is 0 Å². The minimum absolute atomic E-state index is 0.156. The highest BCUT2D eigenvalue weighted by molar-refractivity contribution is 9.10. The molecule has 2 aromatic rings. The summed E-state index contributed by atoms with van der Waals surface area (Å²) in [6.07, 6.45) is 1.84. The second-order valence-electron chi connectivity index (χ2n) is 4.21. The van der Waals surface area contributed by atoms with Crippen molar-refractivity contribution in [3.8, 4) is 5.75 Å². The quantitative estimate of drug-likeness (QED) is 0.913. The van der Waals surface area contributed by atoms with E-state index < -0.39 is 0 Å². The second kappa shape index (κ2) is 5.84. The zero-order valence-corrected chi connectivity index (χ0v) is 11.9. The van der Waals surface area contributed by atoms with E-state index in [1.54, 1.807) is 30.5 Å². The number of halogens is 1. The van der Waals surface area contributed by atoms with E-state index in [9.17, 15) is 9.90 Å². The number of hydrogen-bond donors (Lipinski definition) is 2. The van der Waals surface area contributed by atoms with Crippen LogP contribution >= 0.6 is 15.9 Å². The van der Waals surface area contributed by atoms with Crippen molar-refractivity contribution in [2.24, 2.45) is 0 Å². The summed E-state index contributed by atoms with van der Waals surface area (Å²) in [4.78, 5) is 16.0. The molecule has 0 saturated heterocycles. The number of amides is 1. The van der Waals surface area contributed by atoms with Crippen molar-refractivity contribution in [2.75, 3.05) is 5.32 Å². The first-order chi connectivity index (χ1) is 9.04. The molecular formula is C14H13BrN2O2. The number of rotatable bonds is 3. The van der Waals surface area contributed by atoms with Crippen LogP contribution in [0.3, 0.4) is 0 Å². The van der Waals surface area contributed by atoms with Crippen LogP contribution in [0.1, 0.15) is 11.1 Å². The highest BCUT2D eigenvalue weighted by Gasteiger charge is 2.07. The van der Waals surface area contributed by atoms with Gasteiger partial charge in [0.25, 0.3) is 0 Å². The Balaban J connectivity index is 2.05. The molecule has 0 fully saturated rings. The lowest BCUT2D eigenvalue weighted by atomic mass is 10.1. The summed E-state index contributed by atoms with van der Waals surface area (Å²) >= 11 is 3.32. The van der Waals surface area contributed by atoms with Crippen molar-refractivity contribution in [1.82, 2.24) is 4.98 Å². The number of nitrogens with zero attached hydrogens (tertiary/aromatic N) is 1. The van der Waals surface area contributed by atoms with Crippen LogP contribution in [-0.4, -0.2) is 16.0 Å².